The highest BCUT2D eigenvalue weighted by Crippen LogP contribution is 2.34. The molecular weight excluding hydrogens is 448 g/mol. The molecule has 0 N–H and O–H groups in total. The van der Waals surface area contributed by atoms with Gasteiger partial charge in [0.2, 0.25) is 11.8 Å². The first-order valence-electron chi connectivity index (χ1n) is 5.29. The lowest BCUT2D eigenvalue weighted by molar-refractivity contribution is -0.124. The quantitative estimate of drug-likeness (QED) is 0.389. The van der Waals surface area contributed by atoms with Crippen molar-refractivity contribution in [1.29, 1.82) is 0 Å². The number of hydrogen-bond acceptors (Lipinski definition) is 4. The van der Waals surface area contributed by atoms with E-state index in [9.17, 15) is 18.8 Å². The standard InChI is InChI=1S/C12H10BrFINO4/c1-5(17)16(6(2)18)11-8(15)4-7(13)10(14)9(11)12(19)20-3/h4H,1-3H3. The van der Waals surface area contributed by atoms with Crippen LogP contribution in [0.4, 0.5) is 10.1 Å². The van der Waals surface area contributed by atoms with Gasteiger partial charge in [0.05, 0.1) is 17.3 Å². The molecule has 5 nitrogen and oxygen atoms in total. The number of imide groups is 1. The normalized spacial score (nSPS) is 10.1. The van der Waals surface area contributed by atoms with Gasteiger partial charge < -0.3 is 4.74 Å². The first kappa shape index (κ1) is 17.0. The molecule has 0 radical (unpaired) electrons. The molecule has 0 atom stereocenters. The number of carbonyl (C=O) groups excluding carboxylic acids is 3. The van der Waals surface area contributed by atoms with Crippen molar-refractivity contribution in [3.05, 3.63) is 25.5 Å². The molecule has 0 aromatic heterocycles. The third-order valence-electron chi connectivity index (χ3n) is 2.39. The predicted molar refractivity (Wildman–Crippen MR) is 82.0 cm³/mol. The number of hydrogen-bond donors (Lipinski definition) is 0. The first-order valence-corrected chi connectivity index (χ1v) is 7.16. The minimum atomic E-state index is -0.968. The third kappa shape index (κ3) is 3.17. The zero-order chi connectivity index (χ0) is 15.6. The smallest absolute Gasteiger partial charge is 0.343 e. The van der Waals surface area contributed by atoms with Gasteiger partial charge in [-0.05, 0) is 44.6 Å². The maximum atomic E-state index is 14.2. The topological polar surface area (TPSA) is 63.7 Å². The Morgan fingerprint density at radius 3 is 2.20 bits per heavy atom. The summed E-state index contributed by atoms with van der Waals surface area (Å²) in [7, 11) is 1.09. The van der Waals surface area contributed by atoms with E-state index in [1.807, 2.05) is 22.6 Å². The maximum Gasteiger partial charge on any atom is 0.343 e. The van der Waals surface area contributed by atoms with Gasteiger partial charge in [-0.2, -0.15) is 0 Å². The van der Waals surface area contributed by atoms with Crippen LogP contribution >= 0.6 is 38.5 Å². The summed E-state index contributed by atoms with van der Waals surface area (Å²) in [5, 5.41) is 0. The highest BCUT2D eigenvalue weighted by Gasteiger charge is 2.30. The van der Waals surface area contributed by atoms with Gasteiger partial charge in [-0.1, -0.05) is 0 Å². The molecule has 0 bridgehead atoms. The molecule has 0 saturated carbocycles. The van der Waals surface area contributed by atoms with Gasteiger partial charge in [-0.3, -0.25) is 9.59 Å². The highest BCUT2D eigenvalue weighted by atomic mass is 127. The van der Waals surface area contributed by atoms with E-state index in [4.69, 9.17) is 0 Å². The Hall–Kier alpha value is -1.03. The zero-order valence-electron chi connectivity index (χ0n) is 10.8. The van der Waals surface area contributed by atoms with Crippen molar-refractivity contribution in [3.8, 4) is 0 Å². The van der Waals surface area contributed by atoms with E-state index in [0.29, 0.717) is 3.57 Å². The number of carbonyl (C=O) groups is 3. The summed E-state index contributed by atoms with van der Waals surface area (Å²) in [4.78, 5) is 35.7. The molecule has 0 unspecified atom stereocenters. The molecular formula is C12H10BrFINO4. The number of anilines is 1. The summed E-state index contributed by atoms with van der Waals surface area (Å²) < 4.78 is 19.1. The molecule has 0 heterocycles. The van der Waals surface area contributed by atoms with Crippen molar-refractivity contribution in [2.24, 2.45) is 0 Å². The number of halogens is 3. The van der Waals surface area contributed by atoms with Gasteiger partial charge in [-0.25, -0.2) is 14.1 Å². The number of nitrogens with zero attached hydrogens (tertiary/aromatic N) is 1. The van der Waals surface area contributed by atoms with Crippen molar-refractivity contribution in [3.63, 3.8) is 0 Å². The third-order valence-corrected chi connectivity index (χ3v) is 3.79. The Balaban J connectivity index is 3.76. The molecule has 1 aromatic carbocycles. The fourth-order valence-electron chi connectivity index (χ4n) is 1.63. The van der Waals surface area contributed by atoms with E-state index in [2.05, 4.69) is 20.7 Å². The summed E-state index contributed by atoms with van der Waals surface area (Å²) in [5.41, 5.74) is -0.574. The fourth-order valence-corrected chi connectivity index (χ4v) is 3.31. The van der Waals surface area contributed by atoms with Crippen LogP contribution < -0.4 is 4.90 Å². The lowest BCUT2D eigenvalue weighted by Crippen LogP contribution is -2.35. The maximum absolute atomic E-state index is 14.2. The number of amides is 2. The Morgan fingerprint density at radius 2 is 1.80 bits per heavy atom. The van der Waals surface area contributed by atoms with Crippen molar-refractivity contribution in [2.75, 3.05) is 12.0 Å². The lowest BCUT2D eigenvalue weighted by Gasteiger charge is -2.22. The zero-order valence-corrected chi connectivity index (χ0v) is 14.5. The average molecular weight is 458 g/mol. The summed E-state index contributed by atoms with van der Waals surface area (Å²) in [6.45, 7) is 2.30. The SMILES string of the molecule is COC(=O)c1c(F)c(Br)cc(I)c1N(C(C)=O)C(C)=O. The van der Waals surface area contributed by atoms with E-state index in [1.165, 1.54) is 6.07 Å². The van der Waals surface area contributed by atoms with Crippen LogP contribution in [0.2, 0.25) is 0 Å². The fraction of sp³-hybridized carbons (Fsp3) is 0.250. The number of ether oxygens (including phenoxy) is 1. The second-order valence-corrected chi connectivity index (χ2v) is 5.76. The second kappa shape index (κ2) is 6.61. The van der Waals surface area contributed by atoms with Crippen LogP contribution in [0.15, 0.2) is 10.5 Å². The van der Waals surface area contributed by atoms with Crippen molar-refractivity contribution in [1.82, 2.24) is 0 Å². The average Bonchev–Trinajstić information content (AvgIpc) is 2.34. The molecule has 0 aliphatic carbocycles. The van der Waals surface area contributed by atoms with Gasteiger partial charge in [0.25, 0.3) is 0 Å². The van der Waals surface area contributed by atoms with Gasteiger partial charge in [0.15, 0.2) is 5.82 Å². The van der Waals surface area contributed by atoms with Crippen molar-refractivity contribution in [2.45, 2.75) is 13.8 Å². The van der Waals surface area contributed by atoms with E-state index in [1.54, 1.807) is 0 Å². The highest BCUT2D eigenvalue weighted by molar-refractivity contribution is 14.1. The molecule has 0 fully saturated rings. The van der Waals surface area contributed by atoms with Gasteiger partial charge in [0.1, 0.15) is 5.56 Å². The van der Waals surface area contributed by atoms with Gasteiger partial charge >= 0.3 is 5.97 Å². The lowest BCUT2D eigenvalue weighted by atomic mass is 10.1. The Kier molecular flexibility index (Phi) is 5.63. The molecule has 0 aliphatic rings. The summed E-state index contributed by atoms with van der Waals surface area (Å²) in [6, 6.07) is 1.37. The van der Waals surface area contributed by atoms with E-state index in [-0.39, 0.29) is 10.2 Å². The van der Waals surface area contributed by atoms with Gasteiger partial charge in [-0.15, -0.1) is 0 Å². The van der Waals surface area contributed by atoms with Crippen molar-refractivity contribution < 1.29 is 23.5 Å². The molecule has 0 aliphatic heterocycles. The molecule has 1 aromatic rings. The second-order valence-electron chi connectivity index (χ2n) is 3.74. The number of esters is 1. The van der Waals surface area contributed by atoms with E-state index in [0.717, 1.165) is 25.9 Å². The van der Waals surface area contributed by atoms with E-state index < -0.39 is 29.2 Å². The summed E-state index contributed by atoms with van der Waals surface area (Å²) >= 11 is 4.79. The summed E-state index contributed by atoms with van der Waals surface area (Å²) in [5.74, 6) is -3.10. The number of methoxy groups -OCH3 is 1. The minimum Gasteiger partial charge on any atom is -0.465 e. The molecule has 1 rings (SSSR count). The molecule has 108 valence electrons. The van der Waals surface area contributed by atoms with Crippen LogP contribution in [-0.2, 0) is 14.3 Å². The van der Waals surface area contributed by atoms with Crippen LogP contribution in [-0.4, -0.2) is 24.9 Å². The minimum absolute atomic E-state index is 0.0399. The summed E-state index contributed by atoms with van der Waals surface area (Å²) in [6.07, 6.45) is 0. The number of benzene rings is 1. The van der Waals surface area contributed by atoms with Crippen molar-refractivity contribution >= 4 is 62.0 Å². The van der Waals surface area contributed by atoms with Crippen LogP contribution in [0.5, 0.6) is 0 Å². The van der Waals surface area contributed by atoms with Crippen LogP contribution in [0, 0.1) is 9.39 Å². The molecule has 0 spiro atoms. The molecule has 0 saturated heterocycles. The van der Waals surface area contributed by atoms with Gasteiger partial charge in [0, 0.05) is 17.4 Å². The molecule has 2 amide bonds. The molecule has 8 heteroatoms. The number of rotatable bonds is 2. The predicted octanol–water partition coefficient (Wildman–Crippen LogP) is 2.88. The first-order chi connectivity index (χ1) is 9.22. The Bertz CT molecular complexity index is 592. The largest absolute Gasteiger partial charge is 0.465 e. The van der Waals surface area contributed by atoms with Crippen LogP contribution in [0.25, 0.3) is 0 Å². The monoisotopic (exact) mass is 457 g/mol. The molecule has 20 heavy (non-hydrogen) atoms. The van der Waals surface area contributed by atoms with E-state index >= 15 is 0 Å². The Morgan fingerprint density at radius 1 is 1.30 bits per heavy atom. The Labute approximate surface area is 136 Å². The van der Waals surface area contributed by atoms with Crippen LogP contribution in [0.3, 0.4) is 0 Å². The van der Waals surface area contributed by atoms with Crippen LogP contribution in [0.1, 0.15) is 24.2 Å².